The Morgan fingerprint density at radius 1 is 1.30 bits per heavy atom. The van der Waals surface area contributed by atoms with Crippen LogP contribution in [-0.2, 0) is 11.2 Å². The van der Waals surface area contributed by atoms with Crippen LogP contribution in [0.4, 0.5) is 5.95 Å². The van der Waals surface area contributed by atoms with Crippen molar-refractivity contribution in [3.05, 3.63) is 56.5 Å². The van der Waals surface area contributed by atoms with Crippen LogP contribution in [0, 0.1) is 6.92 Å². The van der Waals surface area contributed by atoms with E-state index in [0.29, 0.717) is 42.7 Å². The molecule has 5 nitrogen and oxygen atoms in total. The molecule has 2 rings (SSSR count). The molecule has 0 aliphatic rings. The van der Waals surface area contributed by atoms with E-state index >= 15 is 0 Å². The van der Waals surface area contributed by atoms with Crippen LogP contribution in [0.1, 0.15) is 30.2 Å². The van der Waals surface area contributed by atoms with Crippen LogP contribution in [0.25, 0.3) is 0 Å². The molecule has 0 spiro atoms. The summed E-state index contributed by atoms with van der Waals surface area (Å²) in [6.45, 7) is 5.94. The summed E-state index contributed by atoms with van der Waals surface area (Å²) in [4.78, 5) is 19.5. The van der Waals surface area contributed by atoms with Gasteiger partial charge in [-0.3, -0.25) is 9.78 Å². The number of hydrogen-bond acceptors (Lipinski definition) is 4. The highest BCUT2D eigenvalue weighted by Crippen LogP contribution is 2.13. The minimum Gasteiger partial charge on any atom is -0.382 e. The molecule has 23 heavy (non-hydrogen) atoms. The molecule has 0 amide bonds. The van der Waals surface area contributed by atoms with E-state index in [9.17, 15) is 4.79 Å². The predicted molar refractivity (Wildman–Crippen MR) is 93.5 cm³/mol. The summed E-state index contributed by atoms with van der Waals surface area (Å²) in [7, 11) is 0. The van der Waals surface area contributed by atoms with Crippen LogP contribution in [0.2, 0.25) is 5.02 Å². The van der Waals surface area contributed by atoms with E-state index in [1.165, 1.54) is 0 Å². The van der Waals surface area contributed by atoms with Crippen LogP contribution in [-0.4, -0.2) is 29.7 Å². The van der Waals surface area contributed by atoms with Gasteiger partial charge < -0.3 is 10.1 Å². The van der Waals surface area contributed by atoms with Crippen molar-refractivity contribution in [2.45, 2.75) is 26.7 Å². The maximum atomic E-state index is 12.3. The number of H-pyrrole nitrogens is 1. The molecule has 124 valence electrons. The standard InChI is InChI=1S/C17H22ClN3O2/c1-3-23-10-4-9-19-17-20-12(2)15(16(22)21-17)11-13-5-7-14(18)8-6-13/h5-8H,3-4,9-11H2,1-2H3,(H2,19,20,21,22). The van der Waals surface area contributed by atoms with Gasteiger partial charge in [-0.1, -0.05) is 23.7 Å². The zero-order valence-corrected chi connectivity index (χ0v) is 14.2. The van der Waals surface area contributed by atoms with Gasteiger partial charge in [0.15, 0.2) is 0 Å². The van der Waals surface area contributed by atoms with Gasteiger partial charge in [0.2, 0.25) is 5.95 Å². The number of aryl methyl sites for hydroxylation is 1. The first kappa shape index (κ1) is 17.5. The summed E-state index contributed by atoms with van der Waals surface area (Å²) in [5, 5.41) is 3.80. The summed E-state index contributed by atoms with van der Waals surface area (Å²) < 4.78 is 5.27. The van der Waals surface area contributed by atoms with Crippen molar-refractivity contribution in [2.24, 2.45) is 0 Å². The van der Waals surface area contributed by atoms with Gasteiger partial charge in [-0.15, -0.1) is 0 Å². The van der Waals surface area contributed by atoms with Crippen molar-refractivity contribution in [1.82, 2.24) is 9.97 Å². The summed E-state index contributed by atoms with van der Waals surface area (Å²) in [5.74, 6) is 0.504. The quantitative estimate of drug-likeness (QED) is 0.727. The van der Waals surface area contributed by atoms with Crippen LogP contribution in [0.3, 0.4) is 0 Å². The first-order valence-electron chi connectivity index (χ1n) is 7.76. The fourth-order valence-corrected chi connectivity index (χ4v) is 2.36. The Bertz CT molecular complexity index is 683. The monoisotopic (exact) mass is 335 g/mol. The van der Waals surface area contributed by atoms with Gasteiger partial charge in [0, 0.05) is 36.8 Å². The number of hydrogen-bond donors (Lipinski definition) is 2. The third-order valence-electron chi connectivity index (χ3n) is 3.48. The van der Waals surface area contributed by atoms with Crippen molar-refractivity contribution in [3.63, 3.8) is 0 Å². The first-order chi connectivity index (χ1) is 11.1. The number of halogens is 1. The Morgan fingerprint density at radius 3 is 2.70 bits per heavy atom. The van der Waals surface area contributed by atoms with E-state index in [2.05, 4.69) is 15.3 Å². The molecular formula is C17H22ClN3O2. The zero-order valence-electron chi connectivity index (χ0n) is 13.5. The second kappa shape index (κ2) is 8.70. The Morgan fingerprint density at radius 2 is 2.04 bits per heavy atom. The maximum Gasteiger partial charge on any atom is 0.256 e. The van der Waals surface area contributed by atoms with Crippen molar-refractivity contribution >= 4 is 17.5 Å². The summed E-state index contributed by atoms with van der Waals surface area (Å²) in [5.41, 5.74) is 2.32. The van der Waals surface area contributed by atoms with Crippen molar-refractivity contribution < 1.29 is 4.74 Å². The molecule has 0 fully saturated rings. The minimum atomic E-state index is -0.111. The Kier molecular flexibility index (Phi) is 6.62. The van der Waals surface area contributed by atoms with E-state index < -0.39 is 0 Å². The van der Waals surface area contributed by atoms with Gasteiger partial charge in [0.1, 0.15) is 0 Å². The lowest BCUT2D eigenvalue weighted by Gasteiger charge is -2.09. The van der Waals surface area contributed by atoms with E-state index in [-0.39, 0.29) is 5.56 Å². The second-order valence-corrected chi connectivity index (χ2v) is 5.70. The minimum absolute atomic E-state index is 0.111. The van der Waals surface area contributed by atoms with Crippen molar-refractivity contribution in [1.29, 1.82) is 0 Å². The molecule has 2 aromatic rings. The molecule has 1 aromatic carbocycles. The van der Waals surface area contributed by atoms with Crippen LogP contribution in [0.15, 0.2) is 29.1 Å². The fraction of sp³-hybridized carbons (Fsp3) is 0.412. The Labute approximate surface area is 141 Å². The Balaban J connectivity index is 2.02. The number of nitrogens with one attached hydrogen (secondary N) is 2. The highest BCUT2D eigenvalue weighted by atomic mass is 35.5. The SMILES string of the molecule is CCOCCCNc1nc(C)c(Cc2ccc(Cl)cc2)c(=O)[nH]1. The molecule has 0 aliphatic heterocycles. The molecule has 0 saturated heterocycles. The number of rotatable bonds is 8. The number of benzene rings is 1. The molecule has 0 unspecified atom stereocenters. The molecule has 0 aliphatic carbocycles. The van der Waals surface area contributed by atoms with Crippen LogP contribution in [0.5, 0.6) is 0 Å². The number of anilines is 1. The van der Waals surface area contributed by atoms with Crippen LogP contribution < -0.4 is 10.9 Å². The first-order valence-corrected chi connectivity index (χ1v) is 8.13. The predicted octanol–water partition coefficient (Wildman–Crippen LogP) is 3.16. The lowest BCUT2D eigenvalue weighted by molar-refractivity contribution is 0.147. The van der Waals surface area contributed by atoms with Gasteiger partial charge in [-0.25, -0.2) is 4.98 Å². The molecule has 2 N–H and O–H groups in total. The van der Waals surface area contributed by atoms with Gasteiger partial charge in [0.05, 0.1) is 5.69 Å². The molecular weight excluding hydrogens is 314 g/mol. The van der Waals surface area contributed by atoms with Gasteiger partial charge in [-0.2, -0.15) is 0 Å². The third-order valence-corrected chi connectivity index (χ3v) is 3.73. The van der Waals surface area contributed by atoms with E-state index in [1.54, 1.807) is 0 Å². The summed E-state index contributed by atoms with van der Waals surface area (Å²) >= 11 is 5.88. The van der Waals surface area contributed by atoms with E-state index in [4.69, 9.17) is 16.3 Å². The smallest absolute Gasteiger partial charge is 0.256 e. The highest BCUT2D eigenvalue weighted by Gasteiger charge is 2.09. The zero-order chi connectivity index (χ0) is 16.7. The average molecular weight is 336 g/mol. The normalized spacial score (nSPS) is 10.7. The Hall–Kier alpha value is -1.85. The fourth-order valence-electron chi connectivity index (χ4n) is 2.23. The molecule has 0 atom stereocenters. The number of aromatic nitrogens is 2. The molecule has 0 saturated carbocycles. The largest absolute Gasteiger partial charge is 0.382 e. The maximum absolute atomic E-state index is 12.3. The summed E-state index contributed by atoms with van der Waals surface area (Å²) in [6.07, 6.45) is 1.40. The lowest BCUT2D eigenvalue weighted by Crippen LogP contribution is -2.20. The number of nitrogens with zero attached hydrogens (tertiary/aromatic N) is 1. The highest BCUT2D eigenvalue weighted by molar-refractivity contribution is 6.30. The number of aromatic amines is 1. The lowest BCUT2D eigenvalue weighted by atomic mass is 10.1. The second-order valence-electron chi connectivity index (χ2n) is 5.26. The van der Waals surface area contributed by atoms with Crippen molar-refractivity contribution in [2.75, 3.05) is 25.1 Å². The average Bonchev–Trinajstić information content (AvgIpc) is 2.52. The molecule has 0 radical (unpaired) electrons. The van der Waals surface area contributed by atoms with E-state index in [0.717, 1.165) is 17.7 Å². The molecule has 0 bridgehead atoms. The summed E-state index contributed by atoms with van der Waals surface area (Å²) in [6, 6.07) is 7.48. The van der Waals surface area contributed by atoms with Gasteiger partial charge in [-0.05, 0) is 38.0 Å². The van der Waals surface area contributed by atoms with Crippen molar-refractivity contribution in [3.8, 4) is 0 Å². The molecule has 1 heterocycles. The topological polar surface area (TPSA) is 67.0 Å². The molecule has 1 aromatic heterocycles. The number of ether oxygens (including phenoxy) is 1. The van der Waals surface area contributed by atoms with Gasteiger partial charge in [0.25, 0.3) is 5.56 Å². The molecule has 6 heteroatoms. The third kappa shape index (κ3) is 5.37. The van der Waals surface area contributed by atoms with Crippen LogP contribution >= 0.6 is 11.6 Å². The van der Waals surface area contributed by atoms with Gasteiger partial charge >= 0.3 is 0 Å². The van der Waals surface area contributed by atoms with E-state index in [1.807, 2.05) is 38.1 Å².